The number of aromatic nitrogens is 2. The number of benzene rings is 1. The van der Waals surface area contributed by atoms with E-state index in [1.807, 2.05) is 32.0 Å². The fourth-order valence-corrected chi connectivity index (χ4v) is 2.20. The molecule has 102 valence electrons. The van der Waals surface area contributed by atoms with E-state index >= 15 is 0 Å². The largest absolute Gasteiger partial charge is 0.393 e. The third-order valence-corrected chi connectivity index (χ3v) is 3.29. The van der Waals surface area contributed by atoms with Crippen molar-refractivity contribution in [3.05, 3.63) is 51.9 Å². The average molecular weight is 259 g/mol. The number of nitrogens with one attached hydrogen (secondary N) is 1. The van der Waals surface area contributed by atoms with E-state index in [9.17, 15) is 4.79 Å². The molecule has 1 aromatic carbocycles. The Morgan fingerprint density at radius 3 is 2.53 bits per heavy atom. The summed E-state index contributed by atoms with van der Waals surface area (Å²) < 4.78 is 1.62. The van der Waals surface area contributed by atoms with Crippen molar-refractivity contribution in [2.45, 2.75) is 39.2 Å². The molecule has 0 amide bonds. The van der Waals surface area contributed by atoms with Gasteiger partial charge in [-0.25, -0.2) is 0 Å². The second-order valence-electron chi connectivity index (χ2n) is 5.14. The monoisotopic (exact) mass is 259 g/mol. The molecule has 0 fully saturated rings. The molecular formula is C15H21N3O. The van der Waals surface area contributed by atoms with Gasteiger partial charge in [0.25, 0.3) is 5.56 Å². The summed E-state index contributed by atoms with van der Waals surface area (Å²) in [4.78, 5) is 11.9. The van der Waals surface area contributed by atoms with Gasteiger partial charge in [0, 0.05) is 6.54 Å². The number of nitrogens with two attached hydrogens (primary N) is 1. The van der Waals surface area contributed by atoms with Gasteiger partial charge in [-0.05, 0) is 24.3 Å². The highest BCUT2D eigenvalue weighted by atomic mass is 16.1. The standard InChI is InChI=1S/C15H21N3O/c1-11(2)14-13(16)15(19)18(17-14)10-6-9-12-7-4-3-5-8-12/h3-5,7-8,11,17H,6,9-10,16H2,1-2H3. The number of H-pyrrole nitrogens is 1. The highest BCUT2D eigenvalue weighted by molar-refractivity contribution is 5.42. The van der Waals surface area contributed by atoms with Gasteiger partial charge in [-0.3, -0.25) is 14.6 Å². The van der Waals surface area contributed by atoms with Crippen LogP contribution in [0, 0.1) is 0 Å². The Morgan fingerprint density at radius 1 is 1.26 bits per heavy atom. The topological polar surface area (TPSA) is 63.8 Å². The maximum absolute atomic E-state index is 11.9. The molecule has 0 saturated heterocycles. The van der Waals surface area contributed by atoms with E-state index in [1.165, 1.54) is 5.56 Å². The molecule has 19 heavy (non-hydrogen) atoms. The van der Waals surface area contributed by atoms with Crippen molar-refractivity contribution >= 4 is 5.69 Å². The lowest BCUT2D eigenvalue weighted by atomic mass is 10.1. The van der Waals surface area contributed by atoms with E-state index in [0.29, 0.717) is 12.2 Å². The first-order valence-electron chi connectivity index (χ1n) is 6.71. The maximum atomic E-state index is 11.9. The molecule has 1 heterocycles. The first kappa shape index (κ1) is 13.5. The molecule has 2 rings (SSSR count). The van der Waals surface area contributed by atoms with Gasteiger partial charge in [-0.1, -0.05) is 44.2 Å². The SMILES string of the molecule is CC(C)c1[nH]n(CCCc2ccccc2)c(=O)c1N. The minimum atomic E-state index is -0.100. The van der Waals surface area contributed by atoms with E-state index in [2.05, 4.69) is 17.2 Å². The predicted octanol–water partition coefficient (Wildman–Crippen LogP) is 2.51. The van der Waals surface area contributed by atoms with E-state index in [1.54, 1.807) is 4.68 Å². The number of anilines is 1. The van der Waals surface area contributed by atoms with Crippen molar-refractivity contribution in [3.8, 4) is 0 Å². The lowest BCUT2D eigenvalue weighted by molar-refractivity contribution is 0.553. The number of nitrogen functional groups attached to an aromatic ring is 1. The molecule has 0 bridgehead atoms. The summed E-state index contributed by atoms with van der Waals surface area (Å²) in [5.74, 6) is 0.239. The molecule has 0 aliphatic carbocycles. The number of hydrogen-bond donors (Lipinski definition) is 2. The molecule has 0 saturated carbocycles. The van der Waals surface area contributed by atoms with Crippen LogP contribution < -0.4 is 11.3 Å². The van der Waals surface area contributed by atoms with Crippen LogP contribution in [0.1, 0.15) is 37.4 Å². The molecule has 0 unspecified atom stereocenters. The zero-order valence-corrected chi connectivity index (χ0v) is 11.5. The average Bonchev–Trinajstić information content (AvgIpc) is 2.68. The number of nitrogens with zero attached hydrogens (tertiary/aromatic N) is 1. The second kappa shape index (κ2) is 5.78. The van der Waals surface area contributed by atoms with Gasteiger partial charge >= 0.3 is 0 Å². The molecular weight excluding hydrogens is 238 g/mol. The van der Waals surface area contributed by atoms with E-state index in [4.69, 9.17) is 5.73 Å². The highest BCUT2D eigenvalue weighted by Gasteiger charge is 2.13. The minimum Gasteiger partial charge on any atom is -0.393 e. The minimum absolute atomic E-state index is 0.100. The second-order valence-corrected chi connectivity index (χ2v) is 5.14. The van der Waals surface area contributed by atoms with Crippen LogP contribution in [0.3, 0.4) is 0 Å². The third-order valence-electron chi connectivity index (χ3n) is 3.29. The molecule has 3 N–H and O–H groups in total. The first-order chi connectivity index (χ1) is 9.09. The Labute approximate surface area is 113 Å². The van der Waals surface area contributed by atoms with Gasteiger partial charge in [0.2, 0.25) is 0 Å². The lowest BCUT2D eigenvalue weighted by Crippen LogP contribution is -2.18. The summed E-state index contributed by atoms with van der Waals surface area (Å²) in [6.45, 7) is 4.72. The Kier molecular flexibility index (Phi) is 4.10. The van der Waals surface area contributed by atoms with Gasteiger partial charge in [0.05, 0.1) is 5.69 Å². The summed E-state index contributed by atoms with van der Waals surface area (Å²) in [6.07, 6.45) is 1.88. The molecule has 0 atom stereocenters. The molecule has 2 aromatic rings. The van der Waals surface area contributed by atoms with Crippen LogP contribution in [-0.4, -0.2) is 9.78 Å². The molecule has 0 aliphatic rings. The van der Waals surface area contributed by atoms with Gasteiger partial charge in [-0.15, -0.1) is 0 Å². The van der Waals surface area contributed by atoms with Crippen LogP contribution in [0.15, 0.2) is 35.1 Å². The number of hydrogen-bond acceptors (Lipinski definition) is 2. The van der Waals surface area contributed by atoms with Gasteiger partial charge in [0.15, 0.2) is 0 Å². The lowest BCUT2D eigenvalue weighted by Gasteiger charge is -2.04. The Balaban J connectivity index is 2.01. The van der Waals surface area contributed by atoms with Crippen molar-refractivity contribution in [3.63, 3.8) is 0 Å². The highest BCUT2D eigenvalue weighted by Crippen LogP contribution is 2.15. The van der Waals surface area contributed by atoms with Crippen molar-refractivity contribution in [2.24, 2.45) is 0 Å². The first-order valence-corrected chi connectivity index (χ1v) is 6.71. The molecule has 4 nitrogen and oxygen atoms in total. The quantitative estimate of drug-likeness (QED) is 0.866. The normalized spacial score (nSPS) is 11.1. The third kappa shape index (κ3) is 3.08. The molecule has 4 heteroatoms. The summed E-state index contributed by atoms with van der Waals surface area (Å²) in [7, 11) is 0. The summed E-state index contributed by atoms with van der Waals surface area (Å²) in [5, 5.41) is 3.11. The van der Waals surface area contributed by atoms with Crippen LogP contribution >= 0.6 is 0 Å². The predicted molar refractivity (Wildman–Crippen MR) is 78.3 cm³/mol. The Hall–Kier alpha value is -1.97. The zero-order valence-electron chi connectivity index (χ0n) is 11.5. The summed E-state index contributed by atoms with van der Waals surface area (Å²) in [6, 6.07) is 10.3. The number of aromatic amines is 1. The fraction of sp³-hybridized carbons (Fsp3) is 0.400. The van der Waals surface area contributed by atoms with Crippen molar-refractivity contribution in [1.82, 2.24) is 9.78 Å². The Bertz CT molecular complexity index is 581. The smallest absolute Gasteiger partial charge is 0.289 e. The van der Waals surface area contributed by atoms with Crippen LogP contribution in [-0.2, 0) is 13.0 Å². The molecule has 0 aliphatic heterocycles. The maximum Gasteiger partial charge on any atom is 0.289 e. The van der Waals surface area contributed by atoms with Gasteiger partial charge < -0.3 is 5.73 Å². The molecule has 1 aromatic heterocycles. The van der Waals surface area contributed by atoms with Crippen LogP contribution in [0.2, 0.25) is 0 Å². The Morgan fingerprint density at radius 2 is 1.95 bits per heavy atom. The van der Waals surface area contributed by atoms with Crippen LogP contribution in [0.4, 0.5) is 5.69 Å². The fourth-order valence-electron chi connectivity index (χ4n) is 2.20. The molecule has 0 radical (unpaired) electrons. The van der Waals surface area contributed by atoms with Crippen molar-refractivity contribution in [2.75, 3.05) is 5.73 Å². The van der Waals surface area contributed by atoms with E-state index in [0.717, 1.165) is 18.5 Å². The number of rotatable bonds is 5. The van der Waals surface area contributed by atoms with Gasteiger partial charge in [0.1, 0.15) is 5.69 Å². The number of aryl methyl sites for hydroxylation is 2. The van der Waals surface area contributed by atoms with Crippen molar-refractivity contribution < 1.29 is 0 Å². The summed E-state index contributed by atoms with van der Waals surface area (Å²) in [5.41, 5.74) is 8.21. The zero-order chi connectivity index (χ0) is 13.8. The molecule has 0 spiro atoms. The van der Waals surface area contributed by atoms with Crippen LogP contribution in [0.5, 0.6) is 0 Å². The van der Waals surface area contributed by atoms with Gasteiger partial charge in [-0.2, -0.15) is 0 Å². The van der Waals surface area contributed by atoms with Crippen molar-refractivity contribution in [1.29, 1.82) is 0 Å². The van der Waals surface area contributed by atoms with Crippen LogP contribution in [0.25, 0.3) is 0 Å². The summed E-state index contributed by atoms with van der Waals surface area (Å²) >= 11 is 0. The van der Waals surface area contributed by atoms with E-state index in [-0.39, 0.29) is 11.5 Å². The van der Waals surface area contributed by atoms with E-state index < -0.39 is 0 Å².